The minimum absolute atomic E-state index is 0.767. The molecule has 1 heterocycles. The summed E-state index contributed by atoms with van der Waals surface area (Å²) >= 11 is 1.53. The number of fused-ring (bicyclic) bond motifs is 3. The van der Waals surface area contributed by atoms with Gasteiger partial charge in [0.1, 0.15) is 5.75 Å². The molecule has 2 aromatic carbocycles. The van der Waals surface area contributed by atoms with Gasteiger partial charge in [0, 0.05) is 4.70 Å². The van der Waals surface area contributed by atoms with Crippen LogP contribution in [-0.2, 0) is 0 Å². The highest BCUT2D eigenvalue weighted by atomic mass is 32.1. The molecule has 0 spiro atoms. The SMILES string of the molecule is COc1ccc2c(ccc3cc(C=O)sc32)c1. The predicted octanol–water partition coefficient (Wildman–Crippen LogP) is 3.88. The third kappa shape index (κ3) is 1.59. The zero-order chi connectivity index (χ0) is 11.8. The van der Waals surface area contributed by atoms with Crippen molar-refractivity contribution >= 4 is 38.5 Å². The van der Waals surface area contributed by atoms with Gasteiger partial charge in [0.25, 0.3) is 0 Å². The van der Waals surface area contributed by atoms with Gasteiger partial charge in [0.05, 0.1) is 12.0 Å². The van der Waals surface area contributed by atoms with Crippen molar-refractivity contribution in [2.45, 2.75) is 0 Å². The van der Waals surface area contributed by atoms with Crippen LogP contribution < -0.4 is 4.74 Å². The molecule has 2 nitrogen and oxygen atoms in total. The molecule has 1 aromatic heterocycles. The average molecular weight is 242 g/mol. The monoisotopic (exact) mass is 242 g/mol. The molecule has 0 unspecified atom stereocenters. The van der Waals surface area contributed by atoms with Crippen LogP contribution >= 0.6 is 11.3 Å². The standard InChI is InChI=1S/C14H10O2S/c1-16-11-4-5-13-9(6-11)2-3-10-7-12(8-15)17-14(10)13/h2-8H,1H3. The number of rotatable bonds is 2. The highest BCUT2D eigenvalue weighted by molar-refractivity contribution is 7.21. The molecule has 3 rings (SSSR count). The number of hydrogen-bond acceptors (Lipinski definition) is 3. The quantitative estimate of drug-likeness (QED) is 0.637. The zero-order valence-electron chi connectivity index (χ0n) is 9.27. The Bertz CT molecular complexity index is 713. The third-order valence-corrected chi connectivity index (χ3v) is 3.95. The first-order valence-electron chi connectivity index (χ1n) is 5.27. The number of ether oxygens (including phenoxy) is 1. The van der Waals surface area contributed by atoms with Crippen LogP contribution in [0.2, 0.25) is 0 Å². The van der Waals surface area contributed by atoms with E-state index >= 15 is 0 Å². The molecule has 0 aliphatic heterocycles. The van der Waals surface area contributed by atoms with Crippen molar-refractivity contribution in [3.63, 3.8) is 0 Å². The number of carbonyl (C=O) groups excluding carboxylic acids is 1. The Morgan fingerprint density at radius 3 is 2.71 bits per heavy atom. The van der Waals surface area contributed by atoms with E-state index in [2.05, 4.69) is 6.07 Å². The van der Waals surface area contributed by atoms with Gasteiger partial charge in [-0.2, -0.15) is 0 Å². The zero-order valence-corrected chi connectivity index (χ0v) is 10.1. The van der Waals surface area contributed by atoms with E-state index in [0.29, 0.717) is 0 Å². The van der Waals surface area contributed by atoms with E-state index in [-0.39, 0.29) is 0 Å². The Hall–Kier alpha value is -1.87. The largest absolute Gasteiger partial charge is 0.497 e. The summed E-state index contributed by atoms with van der Waals surface area (Å²) in [4.78, 5) is 11.6. The van der Waals surface area contributed by atoms with Gasteiger partial charge < -0.3 is 4.74 Å². The minimum atomic E-state index is 0.767. The van der Waals surface area contributed by atoms with Crippen LogP contribution in [0.25, 0.3) is 20.9 Å². The van der Waals surface area contributed by atoms with Crippen molar-refractivity contribution in [3.05, 3.63) is 41.3 Å². The lowest BCUT2D eigenvalue weighted by Gasteiger charge is -2.03. The molecule has 0 N–H and O–H groups in total. The van der Waals surface area contributed by atoms with Gasteiger partial charge in [-0.15, -0.1) is 11.3 Å². The molecule has 84 valence electrons. The molecule has 17 heavy (non-hydrogen) atoms. The molecule has 0 bridgehead atoms. The molecule has 0 saturated heterocycles. The fraction of sp³-hybridized carbons (Fsp3) is 0.0714. The summed E-state index contributed by atoms with van der Waals surface area (Å²) in [5.41, 5.74) is 0. The first-order valence-corrected chi connectivity index (χ1v) is 6.09. The van der Waals surface area contributed by atoms with E-state index in [1.807, 2.05) is 30.3 Å². The molecular weight excluding hydrogens is 232 g/mol. The lowest BCUT2D eigenvalue weighted by Crippen LogP contribution is -1.81. The summed E-state index contributed by atoms with van der Waals surface area (Å²) in [6.07, 6.45) is 0.903. The number of carbonyl (C=O) groups is 1. The van der Waals surface area contributed by atoms with Crippen LogP contribution in [0.4, 0.5) is 0 Å². The van der Waals surface area contributed by atoms with E-state index < -0.39 is 0 Å². The van der Waals surface area contributed by atoms with Gasteiger partial charge in [0.15, 0.2) is 6.29 Å². The summed E-state index contributed by atoms with van der Waals surface area (Å²) in [6, 6.07) is 12.0. The molecule has 0 radical (unpaired) electrons. The molecular formula is C14H10O2S. The maximum Gasteiger partial charge on any atom is 0.160 e. The first kappa shape index (κ1) is 10.3. The number of methoxy groups -OCH3 is 1. The Morgan fingerprint density at radius 2 is 1.94 bits per heavy atom. The van der Waals surface area contributed by atoms with Crippen LogP contribution in [0.5, 0.6) is 5.75 Å². The number of aldehydes is 1. The second-order valence-electron chi connectivity index (χ2n) is 3.84. The van der Waals surface area contributed by atoms with Gasteiger partial charge in [-0.05, 0) is 40.4 Å². The second-order valence-corrected chi connectivity index (χ2v) is 4.92. The van der Waals surface area contributed by atoms with Crippen LogP contribution in [0.1, 0.15) is 9.67 Å². The Kier molecular flexibility index (Phi) is 2.34. The molecule has 0 atom stereocenters. The van der Waals surface area contributed by atoms with E-state index in [1.165, 1.54) is 16.7 Å². The van der Waals surface area contributed by atoms with Gasteiger partial charge in [-0.25, -0.2) is 0 Å². The van der Waals surface area contributed by atoms with Crippen molar-refractivity contribution in [3.8, 4) is 5.75 Å². The maximum absolute atomic E-state index is 10.8. The molecule has 0 amide bonds. The van der Waals surface area contributed by atoms with Crippen molar-refractivity contribution in [1.82, 2.24) is 0 Å². The Balaban J connectivity index is 2.38. The second kappa shape index (κ2) is 3.86. The topological polar surface area (TPSA) is 26.3 Å². The van der Waals surface area contributed by atoms with E-state index in [9.17, 15) is 4.79 Å². The highest BCUT2D eigenvalue weighted by Crippen LogP contribution is 2.33. The van der Waals surface area contributed by atoms with Crippen LogP contribution in [0.15, 0.2) is 36.4 Å². The summed E-state index contributed by atoms with van der Waals surface area (Å²) in [5.74, 6) is 0.851. The Morgan fingerprint density at radius 1 is 1.12 bits per heavy atom. The molecule has 0 aliphatic rings. The smallest absolute Gasteiger partial charge is 0.160 e. The van der Waals surface area contributed by atoms with Crippen molar-refractivity contribution in [2.24, 2.45) is 0 Å². The van der Waals surface area contributed by atoms with Crippen molar-refractivity contribution < 1.29 is 9.53 Å². The van der Waals surface area contributed by atoms with Crippen LogP contribution in [0.3, 0.4) is 0 Å². The van der Waals surface area contributed by atoms with Crippen LogP contribution in [0, 0.1) is 0 Å². The Labute approximate surface area is 102 Å². The summed E-state index contributed by atoms with van der Waals surface area (Å²) in [7, 11) is 1.66. The minimum Gasteiger partial charge on any atom is -0.497 e. The lowest BCUT2D eigenvalue weighted by atomic mass is 10.1. The van der Waals surface area contributed by atoms with Crippen LogP contribution in [-0.4, -0.2) is 13.4 Å². The molecule has 0 aliphatic carbocycles. The van der Waals surface area contributed by atoms with E-state index in [4.69, 9.17) is 4.74 Å². The molecule has 3 heteroatoms. The number of benzene rings is 2. The molecule has 0 fully saturated rings. The lowest BCUT2D eigenvalue weighted by molar-refractivity contribution is 0.112. The van der Waals surface area contributed by atoms with Gasteiger partial charge in [-0.1, -0.05) is 12.1 Å². The van der Waals surface area contributed by atoms with E-state index in [0.717, 1.165) is 32.4 Å². The van der Waals surface area contributed by atoms with Crippen molar-refractivity contribution in [2.75, 3.05) is 7.11 Å². The average Bonchev–Trinajstić information content (AvgIpc) is 2.81. The number of hydrogen-bond donors (Lipinski definition) is 0. The summed E-state index contributed by atoms with van der Waals surface area (Å²) in [6.45, 7) is 0. The summed E-state index contributed by atoms with van der Waals surface area (Å²) < 4.78 is 6.37. The fourth-order valence-electron chi connectivity index (χ4n) is 2.01. The first-order chi connectivity index (χ1) is 8.31. The third-order valence-electron chi connectivity index (χ3n) is 2.84. The van der Waals surface area contributed by atoms with E-state index in [1.54, 1.807) is 7.11 Å². The normalized spacial score (nSPS) is 10.9. The summed E-state index contributed by atoms with van der Waals surface area (Å²) in [5, 5.41) is 3.42. The molecule has 0 saturated carbocycles. The molecule has 3 aromatic rings. The maximum atomic E-state index is 10.8. The number of thiophene rings is 1. The highest BCUT2D eigenvalue weighted by Gasteiger charge is 2.06. The van der Waals surface area contributed by atoms with Gasteiger partial charge >= 0.3 is 0 Å². The van der Waals surface area contributed by atoms with Gasteiger partial charge in [0.2, 0.25) is 0 Å². The van der Waals surface area contributed by atoms with Crippen molar-refractivity contribution in [1.29, 1.82) is 0 Å². The predicted molar refractivity (Wildman–Crippen MR) is 71.3 cm³/mol. The fourth-order valence-corrected chi connectivity index (χ4v) is 3.02. The van der Waals surface area contributed by atoms with Gasteiger partial charge in [-0.3, -0.25) is 4.79 Å².